The van der Waals surface area contributed by atoms with E-state index in [-0.39, 0.29) is 0 Å². The zero-order chi connectivity index (χ0) is 12.0. The number of fused-ring (bicyclic) bond motifs is 1. The first kappa shape index (κ1) is 12.6. The molecule has 0 spiro atoms. The van der Waals surface area contributed by atoms with E-state index in [4.69, 9.17) is 34.7 Å². The minimum absolute atomic E-state index is 0.374. The van der Waals surface area contributed by atoms with Crippen LogP contribution in [0, 0.1) is 0 Å². The van der Waals surface area contributed by atoms with Crippen molar-refractivity contribution in [3.05, 3.63) is 18.2 Å². The van der Waals surface area contributed by atoms with E-state index >= 15 is 0 Å². The maximum atomic E-state index is 6.23. The molecule has 0 amide bonds. The average molecular weight is 397 g/mol. The Labute approximate surface area is 106 Å². The number of ether oxygens (including phenoxy) is 1. The van der Waals surface area contributed by atoms with Crippen LogP contribution in [0.4, 0.5) is 5.69 Å². The molecule has 0 bridgehead atoms. The second kappa shape index (κ2) is 3.83. The van der Waals surface area contributed by atoms with Gasteiger partial charge in [-0.05, 0) is 0 Å². The van der Waals surface area contributed by atoms with Crippen molar-refractivity contribution in [3.8, 4) is 5.75 Å². The quantitative estimate of drug-likeness (QED) is 0.683. The molecule has 3 nitrogen and oxygen atoms in total. The van der Waals surface area contributed by atoms with Gasteiger partial charge < -0.3 is 0 Å². The van der Waals surface area contributed by atoms with Gasteiger partial charge in [-0.3, -0.25) is 0 Å². The normalized spacial score (nSPS) is 23.1. The Kier molecular flexibility index (Phi) is 3.01. The van der Waals surface area contributed by atoms with Crippen LogP contribution in [0.1, 0.15) is 6.92 Å². The molecular weight excluding hydrogens is 388 g/mol. The van der Waals surface area contributed by atoms with E-state index in [0.29, 0.717) is 20.9 Å². The second-order valence-corrected chi connectivity index (χ2v) is 23.9. The number of benzene rings is 1. The van der Waals surface area contributed by atoms with Crippen molar-refractivity contribution in [1.82, 2.24) is 0 Å². The van der Waals surface area contributed by atoms with E-state index in [2.05, 4.69) is 4.99 Å². The fraction of sp³-hybridized carbons (Fsp3) is 0.222. The molecule has 1 aliphatic rings. The summed E-state index contributed by atoms with van der Waals surface area (Å²) in [5, 5.41) is 0. The number of halogens is 3. The van der Waals surface area contributed by atoms with Crippen LogP contribution in [0.25, 0.3) is 0 Å². The van der Waals surface area contributed by atoms with Gasteiger partial charge >= 0.3 is 107 Å². The van der Waals surface area contributed by atoms with Gasteiger partial charge in [-0.15, -0.1) is 0 Å². The first-order valence-electron chi connectivity index (χ1n) is 4.34. The van der Waals surface area contributed by atoms with Gasteiger partial charge in [-0.2, -0.15) is 0 Å². The number of hydrogen-bond acceptors (Lipinski definition) is 3. The molecule has 1 aromatic carbocycles. The molecule has 89 valence electrons. The molecule has 1 aromatic rings. The summed E-state index contributed by atoms with van der Waals surface area (Å²) in [6.07, 6.45) is 0. The molecule has 0 aliphatic carbocycles. The van der Waals surface area contributed by atoms with E-state index in [1.807, 2.05) is 0 Å². The van der Waals surface area contributed by atoms with Crippen LogP contribution in [0.2, 0.25) is 0 Å². The summed E-state index contributed by atoms with van der Waals surface area (Å²) in [6, 6.07) is 5.17. The maximum absolute atomic E-state index is 6.23. The molecule has 0 saturated carbocycles. The van der Waals surface area contributed by atoms with Crippen molar-refractivity contribution in [1.29, 1.82) is 0 Å². The average Bonchev–Trinajstić information content (AvgIpc) is 2.13. The Balaban J connectivity index is 2.67. The van der Waals surface area contributed by atoms with Crippen LogP contribution >= 0.6 is 26.9 Å². The second-order valence-electron chi connectivity index (χ2n) is 3.23. The van der Waals surface area contributed by atoms with Crippen LogP contribution in [0.3, 0.4) is 0 Å². The standard InChI is InChI=1S/C9H9Cl3NO2Te/c1-6-13-8-5-7(14-2)3-4-9(8)16(10,11,12)15-6/h3-5H,1-2H3. The molecule has 7 heteroatoms. The van der Waals surface area contributed by atoms with Crippen LogP contribution in [-0.4, -0.2) is 26.9 Å². The first-order chi connectivity index (χ1) is 7.30. The Morgan fingerprint density at radius 1 is 1.31 bits per heavy atom. The fourth-order valence-corrected chi connectivity index (χ4v) is 9.37. The summed E-state index contributed by atoms with van der Waals surface area (Å²) in [7, 11) is 20.3. The fourth-order valence-electron chi connectivity index (χ4n) is 1.41. The van der Waals surface area contributed by atoms with Gasteiger partial charge in [0, 0.05) is 0 Å². The zero-order valence-corrected chi connectivity index (χ0v) is 13.1. The molecule has 0 atom stereocenters. The predicted octanol–water partition coefficient (Wildman–Crippen LogP) is 3.09. The number of aliphatic imine (C=N–C) groups is 1. The number of rotatable bonds is 1. The van der Waals surface area contributed by atoms with E-state index in [0.717, 1.165) is 0 Å². The Hall–Kier alpha value is 0.150. The van der Waals surface area contributed by atoms with E-state index in [1.165, 1.54) is 0 Å². The van der Waals surface area contributed by atoms with Gasteiger partial charge in [-0.25, -0.2) is 0 Å². The van der Waals surface area contributed by atoms with Crippen molar-refractivity contribution >= 4 is 55.9 Å². The SMILES string of the molecule is COc1ccc2c(c1)N=C(C)O[Te]2(Cl)(Cl)Cl. The van der Waals surface area contributed by atoms with E-state index in [1.54, 1.807) is 32.2 Å². The van der Waals surface area contributed by atoms with Gasteiger partial charge in [0.1, 0.15) is 0 Å². The summed E-state index contributed by atoms with van der Waals surface area (Å²) in [6.45, 7) is 1.67. The third-order valence-electron chi connectivity index (χ3n) is 2.04. The summed E-state index contributed by atoms with van der Waals surface area (Å²) < 4.78 is 11.0. The van der Waals surface area contributed by atoms with Gasteiger partial charge in [0.15, 0.2) is 0 Å². The molecule has 1 aliphatic heterocycles. The molecule has 1 radical (unpaired) electrons. The van der Waals surface area contributed by atoms with Crippen molar-refractivity contribution in [2.75, 3.05) is 7.11 Å². The molecule has 0 fully saturated rings. The summed E-state index contributed by atoms with van der Waals surface area (Å²) in [4.78, 5) is 4.20. The van der Waals surface area contributed by atoms with E-state index < -0.39 is 13.9 Å². The Morgan fingerprint density at radius 2 is 2.00 bits per heavy atom. The van der Waals surface area contributed by atoms with Gasteiger partial charge in [-0.1, -0.05) is 0 Å². The van der Waals surface area contributed by atoms with Crippen LogP contribution < -0.4 is 8.35 Å². The molecule has 1 heterocycles. The summed E-state index contributed by atoms with van der Waals surface area (Å²) in [5.74, 6) is 1.05. The Morgan fingerprint density at radius 3 is 2.62 bits per heavy atom. The number of nitrogens with zero attached hydrogens (tertiary/aromatic N) is 1. The van der Waals surface area contributed by atoms with Gasteiger partial charge in [0.05, 0.1) is 0 Å². The summed E-state index contributed by atoms with van der Waals surface area (Å²) in [5.41, 5.74) is 0.612. The topological polar surface area (TPSA) is 30.8 Å². The van der Waals surface area contributed by atoms with Crippen molar-refractivity contribution in [3.63, 3.8) is 0 Å². The van der Waals surface area contributed by atoms with Crippen LogP contribution in [0.15, 0.2) is 23.2 Å². The Bertz CT molecular complexity index is 481. The van der Waals surface area contributed by atoms with Crippen LogP contribution in [-0.2, 0) is 3.10 Å². The van der Waals surface area contributed by atoms with Crippen molar-refractivity contribution in [2.45, 2.75) is 6.92 Å². The predicted molar refractivity (Wildman–Crippen MR) is 69.8 cm³/mol. The van der Waals surface area contributed by atoms with Gasteiger partial charge in [0.2, 0.25) is 0 Å². The molecule has 0 aromatic heterocycles. The van der Waals surface area contributed by atoms with Crippen LogP contribution in [0.5, 0.6) is 5.75 Å². The van der Waals surface area contributed by atoms with Crippen molar-refractivity contribution in [2.24, 2.45) is 4.99 Å². The zero-order valence-electron chi connectivity index (χ0n) is 8.54. The third-order valence-corrected chi connectivity index (χ3v) is 11.0. The molecule has 16 heavy (non-hydrogen) atoms. The molecular formula is C9H9Cl3NO2Te. The first-order valence-corrected chi connectivity index (χ1v) is 15.3. The van der Waals surface area contributed by atoms with Crippen molar-refractivity contribution < 1.29 is 7.84 Å². The number of methoxy groups -OCH3 is 1. The van der Waals surface area contributed by atoms with Gasteiger partial charge in [0.25, 0.3) is 0 Å². The molecule has 0 unspecified atom stereocenters. The molecule has 0 saturated heterocycles. The van der Waals surface area contributed by atoms with E-state index in [9.17, 15) is 0 Å². The monoisotopic (exact) mass is 398 g/mol. The number of hydrogen-bond donors (Lipinski definition) is 0. The molecule has 2 rings (SSSR count). The molecule has 0 N–H and O–H groups in total. The minimum atomic E-state index is -4.59. The summed E-state index contributed by atoms with van der Waals surface area (Å²) >= 11 is -4.59. The third kappa shape index (κ3) is 2.23.